The molecule has 0 spiro atoms. The van der Waals surface area contributed by atoms with E-state index in [-0.39, 0.29) is 6.04 Å². The molecule has 1 aromatic carbocycles. The third kappa shape index (κ3) is 1.99. The van der Waals surface area contributed by atoms with E-state index < -0.39 is 0 Å². The average molecular weight is 241 g/mol. The minimum Gasteiger partial charge on any atom is -0.305 e. The van der Waals surface area contributed by atoms with Crippen LogP contribution in [0.25, 0.3) is 0 Å². The first-order valence-electron chi connectivity index (χ1n) is 4.85. The molecule has 0 saturated carbocycles. The Morgan fingerprint density at radius 3 is 2.73 bits per heavy atom. The van der Waals surface area contributed by atoms with Crippen LogP contribution in [0.4, 0.5) is 0 Å². The highest BCUT2D eigenvalue weighted by Gasteiger charge is 2.24. The highest BCUT2D eigenvalue weighted by atomic mass is 35.5. The van der Waals surface area contributed by atoms with Gasteiger partial charge in [-0.25, -0.2) is 0 Å². The molecule has 1 heterocycles. The molecule has 4 heteroatoms. The van der Waals surface area contributed by atoms with E-state index in [1.165, 1.54) is 5.56 Å². The lowest BCUT2D eigenvalue weighted by Crippen LogP contribution is -2.14. The third-order valence-electron chi connectivity index (χ3n) is 2.67. The molecule has 0 amide bonds. The predicted molar refractivity (Wildman–Crippen MR) is 67.7 cm³/mol. The second-order valence-corrected chi connectivity index (χ2v) is 4.63. The van der Waals surface area contributed by atoms with Gasteiger partial charge in [-0.2, -0.15) is 0 Å². The summed E-state index contributed by atoms with van der Waals surface area (Å²) in [5, 5.41) is 0.792. The van der Waals surface area contributed by atoms with Crippen molar-refractivity contribution in [2.75, 3.05) is 6.54 Å². The molecule has 15 heavy (non-hydrogen) atoms. The summed E-state index contributed by atoms with van der Waals surface area (Å²) in [4.78, 5) is 4.54. The number of aryl methyl sites for hydroxylation is 1. The third-order valence-corrected chi connectivity index (χ3v) is 3.45. The maximum absolute atomic E-state index is 6.19. The van der Waals surface area contributed by atoms with E-state index in [2.05, 4.69) is 30.8 Å². The van der Waals surface area contributed by atoms with Crippen LogP contribution in [-0.4, -0.2) is 16.7 Å². The van der Waals surface area contributed by atoms with E-state index in [0.29, 0.717) is 0 Å². The van der Waals surface area contributed by atoms with Crippen molar-refractivity contribution in [2.24, 2.45) is 4.99 Å². The van der Waals surface area contributed by atoms with Gasteiger partial charge in [0.2, 0.25) is 0 Å². The number of hydrogen-bond acceptors (Lipinski definition) is 3. The van der Waals surface area contributed by atoms with Crippen LogP contribution in [0.5, 0.6) is 0 Å². The lowest BCUT2D eigenvalue weighted by atomic mass is 10.0. The second-order valence-electron chi connectivity index (χ2n) is 3.74. The van der Waals surface area contributed by atoms with Crippen LogP contribution in [0.1, 0.15) is 24.1 Å². The zero-order chi connectivity index (χ0) is 11.0. The molecule has 1 atom stereocenters. The molecule has 0 saturated heterocycles. The maximum Gasteiger partial charge on any atom is 0.106 e. The summed E-state index contributed by atoms with van der Waals surface area (Å²) in [5.41, 5.74) is 2.31. The lowest BCUT2D eigenvalue weighted by molar-refractivity contribution is 0.638. The molecule has 0 bridgehead atoms. The summed E-state index contributed by atoms with van der Waals surface area (Å²) in [6.07, 6.45) is 0. The molecule has 80 valence electrons. The van der Waals surface area contributed by atoms with Gasteiger partial charge in [0.1, 0.15) is 5.84 Å². The van der Waals surface area contributed by atoms with Crippen molar-refractivity contribution < 1.29 is 0 Å². The fourth-order valence-corrected chi connectivity index (χ4v) is 2.41. The van der Waals surface area contributed by atoms with E-state index in [1.54, 1.807) is 0 Å². The molecule has 2 nitrogen and oxygen atoms in total. The van der Waals surface area contributed by atoms with Crippen molar-refractivity contribution in [2.45, 2.75) is 19.9 Å². The molecule has 1 aromatic rings. The largest absolute Gasteiger partial charge is 0.305 e. The molecule has 0 aliphatic carbocycles. The molecule has 0 fully saturated rings. The smallest absolute Gasteiger partial charge is 0.106 e. The summed E-state index contributed by atoms with van der Waals surface area (Å²) in [6, 6.07) is 6.06. The van der Waals surface area contributed by atoms with Gasteiger partial charge in [0, 0.05) is 5.02 Å². The Morgan fingerprint density at radius 2 is 2.20 bits per heavy atom. The van der Waals surface area contributed by atoms with E-state index in [0.717, 1.165) is 23.0 Å². The van der Waals surface area contributed by atoms with Gasteiger partial charge in [-0.15, -0.1) is 0 Å². The number of aliphatic imine (C=N–C) groups is 1. The molecule has 1 unspecified atom stereocenters. The zero-order valence-corrected chi connectivity index (χ0v) is 10.4. The van der Waals surface area contributed by atoms with Crippen LogP contribution in [0.2, 0.25) is 5.02 Å². The summed E-state index contributed by atoms with van der Waals surface area (Å²) in [6.45, 7) is 4.81. The number of halogens is 1. The topological polar surface area (TPSA) is 15.6 Å². The average Bonchev–Trinajstić information content (AvgIpc) is 2.46. The van der Waals surface area contributed by atoms with Crippen LogP contribution >= 0.6 is 24.4 Å². The van der Waals surface area contributed by atoms with Gasteiger partial charge in [-0.05, 0) is 31.0 Å². The zero-order valence-electron chi connectivity index (χ0n) is 8.74. The first-order chi connectivity index (χ1) is 7.09. The molecule has 2 rings (SSSR count). The van der Waals surface area contributed by atoms with Crippen molar-refractivity contribution in [3.05, 3.63) is 34.3 Å². The minimum absolute atomic E-state index is 0.121. The number of benzene rings is 1. The number of rotatable bonds is 1. The van der Waals surface area contributed by atoms with Crippen molar-refractivity contribution in [3.8, 4) is 0 Å². The molecule has 0 N–H and O–H groups in total. The van der Waals surface area contributed by atoms with Crippen molar-refractivity contribution in [3.63, 3.8) is 0 Å². The van der Waals surface area contributed by atoms with Crippen molar-refractivity contribution in [1.29, 1.82) is 0 Å². The summed E-state index contributed by atoms with van der Waals surface area (Å²) >= 11 is 10.5. The summed E-state index contributed by atoms with van der Waals surface area (Å²) < 4.78 is 1.85. The van der Waals surface area contributed by atoms with Gasteiger partial charge >= 0.3 is 0 Å². The molecule has 1 aliphatic rings. The Kier molecular flexibility index (Phi) is 2.94. The number of amidine groups is 1. The van der Waals surface area contributed by atoms with E-state index >= 15 is 0 Å². The lowest BCUT2D eigenvalue weighted by Gasteiger charge is -2.14. The Balaban J connectivity index is 2.40. The molecule has 0 aromatic heterocycles. The predicted octanol–water partition coefficient (Wildman–Crippen LogP) is 3.27. The Morgan fingerprint density at radius 1 is 1.47 bits per heavy atom. The highest BCUT2D eigenvalue weighted by Crippen LogP contribution is 2.33. The fraction of sp³-hybridized carbons (Fsp3) is 0.364. The quantitative estimate of drug-likeness (QED) is 0.745. The van der Waals surface area contributed by atoms with E-state index in [4.69, 9.17) is 11.6 Å². The van der Waals surface area contributed by atoms with Crippen molar-refractivity contribution >= 4 is 30.3 Å². The van der Waals surface area contributed by atoms with Gasteiger partial charge in [0.05, 0.1) is 12.6 Å². The van der Waals surface area contributed by atoms with E-state index in [1.807, 2.05) is 23.4 Å². The SMILES string of the molecule is CC1=NC(c2c(C)cccc2Cl)CN1S. The van der Waals surface area contributed by atoms with Crippen LogP contribution in [0.3, 0.4) is 0 Å². The van der Waals surface area contributed by atoms with Crippen molar-refractivity contribution in [1.82, 2.24) is 4.31 Å². The van der Waals surface area contributed by atoms with Gasteiger partial charge < -0.3 is 4.31 Å². The molecular formula is C11H13ClN2S. The normalized spacial score (nSPS) is 20.7. The van der Waals surface area contributed by atoms with Gasteiger partial charge in [0.15, 0.2) is 0 Å². The number of hydrogen-bond donors (Lipinski definition) is 1. The minimum atomic E-state index is 0.121. The Hall–Kier alpha value is -0.670. The fourth-order valence-electron chi connectivity index (χ4n) is 1.85. The number of thiol groups is 1. The van der Waals surface area contributed by atoms with Gasteiger partial charge in [0.25, 0.3) is 0 Å². The summed E-state index contributed by atoms with van der Waals surface area (Å²) in [5.74, 6) is 0.947. The Labute approximate surface area is 100 Å². The maximum atomic E-state index is 6.19. The standard InChI is InChI=1S/C11H13ClN2S/c1-7-4-3-5-9(12)11(7)10-6-14(15)8(2)13-10/h3-5,10,15H,6H2,1-2H3. The summed E-state index contributed by atoms with van der Waals surface area (Å²) in [7, 11) is 0. The first kappa shape index (κ1) is 10.8. The first-order valence-corrected chi connectivity index (χ1v) is 5.63. The second kappa shape index (κ2) is 4.06. The van der Waals surface area contributed by atoms with Gasteiger partial charge in [-0.3, -0.25) is 4.99 Å². The highest BCUT2D eigenvalue weighted by molar-refractivity contribution is 7.78. The monoisotopic (exact) mass is 240 g/mol. The van der Waals surface area contributed by atoms with Crippen LogP contribution in [0, 0.1) is 6.92 Å². The van der Waals surface area contributed by atoms with Crippen LogP contribution < -0.4 is 0 Å². The van der Waals surface area contributed by atoms with Crippen LogP contribution in [-0.2, 0) is 0 Å². The number of nitrogens with zero attached hydrogens (tertiary/aromatic N) is 2. The molecular weight excluding hydrogens is 228 g/mol. The van der Waals surface area contributed by atoms with Gasteiger partial charge in [-0.1, -0.05) is 36.5 Å². The van der Waals surface area contributed by atoms with E-state index in [9.17, 15) is 0 Å². The molecule has 0 radical (unpaired) electrons. The molecule has 1 aliphatic heterocycles. The Bertz CT molecular complexity index is 397. The van der Waals surface area contributed by atoms with Crippen LogP contribution in [0.15, 0.2) is 23.2 Å².